The lowest BCUT2D eigenvalue weighted by atomic mass is 10.1. The van der Waals surface area contributed by atoms with Gasteiger partial charge in [0.1, 0.15) is 0 Å². The first-order valence-corrected chi connectivity index (χ1v) is 8.30. The van der Waals surface area contributed by atoms with E-state index in [1.807, 2.05) is 12.4 Å². The van der Waals surface area contributed by atoms with E-state index in [0.29, 0.717) is 0 Å². The molecule has 0 unspecified atom stereocenters. The summed E-state index contributed by atoms with van der Waals surface area (Å²) in [6.45, 7) is 2.16. The minimum atomic E-state index is 0.751. The summed E-state index contributed by atoms with van der Waals surface area (Å²) >= 11 is 2.08. The molecular formula is C15H21N3S. The van der Waals surface area contributed by atoms with E-state index in [0.717, 1.165) is 24.6 Å². The van der Waals surface area contributed by atoms with Gasteiger partial charge >= 0.3 is 0 Å². The van der Waals surface area contributed by atoms with Crippen LogP contribution in [0.25, 0.3) is 11.0 Å². The zero-order valence-electron chi connectivity index (χ0n) is 11.2. The number of hydrogen-bond donors (Lipinski definition) is 1. The molecule has 1 aliphatic rings. The molecule has 0 amide bonds. The zero-order chi connectivity index (χ0) is 12.9. The molecule has 1 saturated heterocycles. The van der Waals surface area contributed by atoms with E-state index >= 15 is 0 Å². The Kier molecular flexibility index (Phi) is 4.41. The molecule has 0 spiro atoms. The lowest BCUT2D eigenvalue weighted by Crippen LogP contribution is -2.33. The highest BCUT2D eigenvalue weighted by Crippen LogP contribution is 2.17. The summed E-state index contributed by atoms with van der Waals surface area (Å²) in [7, 11) is 0. The lowest BCUT2D eigenvalue weighted by molar-refractivity contribution is 0.466. The monoisotopic (exact) mass is 275 g/mol. The standard InChI is InChI=1S/C15H21N3S/c1-2-5-15-14(4-1)17-12-18(15)9-3-8-16-13-6-10-19-11-7-13/h1-2,4-5,12-13,16H,3,6-11H2. The van der Waals surface area contributed by atoms with Gasteiger partial charge < -0.3 is 9.88 Å². The lowest BCUT2D eigenvalue weighted by Gasteiger charge is -2.22. The van der Waals surface area contributed by atoms with Crippen molar-refractivity contribution in [3.63, 3.8) is 0 Å². The van der Waals surface area contributed by atoms with Crippen molar-refractivity contribution in [2.24, 2.45) is 0 Å². The maximum absolute atomic E-state index is 4.43. The molecule has 0 atom stereocenters. The number of imidazole rings is 1. The van der Waals surface area contributed by atoms with Crippen LogP contribution in [0.5, 0.6) is 0 Å². The molecule has 0 saturated carbocycles. The molecule has 1 aliphatic heterocycles. The Morgan fingerprint density at radius 3 is 3.00 bits per heavy atom. The third kappa shape index (κ3) is 3.31. The summed E-state index contributed by atoms with van der Waals surface area (Å²) in [4.78, 5) is 4.43. The number of nitrogens with zero attached hydrogens (tertiary/aromatic N) is 2. The van der Waals surface area contributed by atoms with Crippen LogP contribution in [-0.4, -0.2) is 33.6 Å². The number of para-hydroxylation sites is 2. The third-order valence-corrected chi connectivity index (χ3v) is 4.81. The maximum atomic E-state index is 4.43. The van der Waals surface area contributed by atoms with Crippen molar-refractivity contribution in [3.05, 3.63) is 30.6 Å². The predicted octanol–water partition coefficient (Wildman–Crippen LogP) is 2.91. The van der Waals surface area contributed by atoms with Gasteiger partial charge in [-0.15, -0.1) is 0 Å². The Hall–Kier alpha value is -1.000. The molecule has 1 aromatic heterocycles. The molecule has 2 heterocycles. The van der Waals surface area contributed by atoms with E-state index in [1.165, 1.54) is 36.3 Å². The Morgan fingerprint density at radius 2 is 2.11 bits per heavy atom. The molecular weight excluding hydrogens is 254 g/mol. The second-order valence-corrected chi connectivity index (χ2v) is 6.35. The minimum Gasteiger partial charge on any atom is -0.331 e. The highest BCUT2D eigenvalue weighted by Gasteiger charge is 2.12. The minimum absolute atomic E-state index is 0.751. The van der Waals surface area contributed by atoms with Crippen molar-refractivity contribution < 1.29 is 0 Å². The SMILES string of the molecule is c1ccc2c(c1)ncn2CCCNC1CCSCC1. The van der Waals surface area contributed by atoms with Crippen LogP contribution in [0.3, 0.4) is 0 Å². The second-order valence-electron chi connectivity index (χ2n) is 5.12. The quantitative estimate of drug-likeness (QED) is 0.851. The molecule has 1 fully saturated rings. The van der Waals surface area contributed by atoms with Gasteiger partial charge in [0.05, 0.1) is 17.4 Å². The van der Waals surface area contributed by atoms with Gasteiger partial charge in [0, 0.05) is 12.6 Å². The largest absolute Gasteiger partial charge is 0.331 e. The van der Waals surface area contributed by atoms with E-state index in [-0.39, 0.29) is 0 Å². The number of benzene rings is 1. The summed E-state index contributed by atoms with van der Waals surface area (Å²) in [5.74, 6) is 2.65. The zero-order valence-corrected chi connectivity index (χ0v) is 12.0. The highest BCUT2D eigenvalue weighted by atomic mass is 32.2. The van der Waals surface area contributed by atoms with Crippen LogP contribution in [0.4, 0.5) is 0 Å². The predicted molar refractivity (Wildman–Crippen MR) is 82.7 cm³/mol. The third-order valence-electron chi connectivity index (χ3n) is 3.76. The first-order chi connectivity index (χ1) is 9.43. The van der Waals surface area contributed by atoms with E-state index < -0.39 is 0 Å². The van der Waals surface area contributed by atoms with Crippen molar-refractivity contribution in [2.75, 3.05) is 18.1 Å². The summed E-state index contributed by atoms with van der Waals surface area (Å²) in [6.07, 6.45) is 5.79. The fraction of sp³-hybridized carbons (Fsp3) is 0.533. The number of hydrogen-bond acceptors (Lipinski definition) is 3. The molecule has 0 radical (unpaired) electrons. The van der Waals surface area contributed by atoms with E-state index in [9.17, 15) is 0 Å². The molecule has 2 aromatic rings. The van der Waals surface area contributed by atoms with E-state index in [1.54, 1.807) is 0 Å². The molecule has 1 aromatic carbocycles. The van der Waals surface area contributed by atoms with Gasteiger partial charge in [-0.25, -0.2) is 4.98 Å². The van der Waals surface area contributed by atoms with Crippen LogP contribution in [0.2, 0.25) is 0 Å². The second kappa shape index (κ2) is 6.44. The van der Waals surface area contributed by atoms with Crippen molar-refractivity contribution >= 4 is 22.8 Å². The molecule has 102 valence electrons. The number of nitrogens with one attached hydrogen (secondary N) is 1. The Bertz CT molecular complexity index is 517. The number of rotatable bonds is 5. The number of aryl methyl sites for hydroxylation is 1. The fourth-order valence-corrected chi connectivity index (χ4v) is 3.75. The molecule has 1 N–H and O–H groups in total. The van der Waals surface area contributed by atoms with Gasteiger partial charge in [0.15, 0.2) is 0 Å². The Morgan fingerprint density at radius 1 is 1.26 bits per heavy atom. The first-order valence-electron chi connectivity index (χ1n) is 7.14. The summed E-state index contributed by atoms with van der Waals surface area (Å²) in [6, 6.07) is 9.10. The highest BCUT2D eigenvalue weighted by molar-refractivity contribution is 7.99. The van der Waals surface area contributed by atoms with Gasteiger partial charge in [-0.05, 0) is 49.4 Å². The number of thioether (sulfide) groups is 1. The van der Waals surface area contributed by atoms with Crippen LogP contribution >= 0.6 is 11.8 Å². The van der Waals surface area contributed by atoms with Crippen LogP contribution < -0.4 is 5.32 Å². The van der Waals surface area contributed by atoms with Gasteiger partial charge in [-0.1, -0.05) is 12.1 Å². The molecule has 4 heteroatoms. The number of aromatic nitrogens is 2. The number of fused-ring (bicyclic) bond motifs is 1. The molecule has 3 rings (SSSR count). The average molecular weight is 275 g/mol. The van der Waals surface area contributed by atoms with Crippen LogP contribution in [0, 0.1) is 0 Å². The van der Waals surface area contributed by atoms with Crippen LogP contribution in [0.15, 0.2) is 30.6 Å². The molecule has 0 bridgehead atoms. The molecule has 19 heavy (non-hydrogen) atoms. The van der Waals surface area contributed by atoms with Crippen molar-refractivity contribution in [2.45, 2.75) is 31.8 Å². The van der Waals surface area contributed by atoms with Crippen LogP contribution in [-0.2, 0) is 6.54 Å². The van der Waals surface area contributed by atoms with Gasteiger partial charge in [-0.3, -0.25) is 0 Å². The molecule has 0 aliphatic carbocycles. The Balaban J connectivity index is 1.47. The van der Waals surface area contributed by atoms with Gasteiger partial charge in [-0.2, -0.15) is 11.8 Å². The van der Waals surface area contributed by atoms with Crippen LogP contribution in [0.1, 0.15) is 19.3 Å². The summed E-state index contributed by atoms with van der Waals surface area (Å²) < 4.78 is 2.26. The van der Waals surface area contributed by atoms with Gasteiger partial charge in [0.25, 0.3) is 0 Å². The van der Waals surface area contributed by atoms with Crippen molar-refractivity contribution in [1.29, 1.82) is 0 Å². The Labute approximate surface area is 118 Å². The van der Waals surface area contributed by atoms with E-state index in [4.69, 9.17) is 0 Å². The normalized spacial score (nSPS) is 17.1. The van der Waals surface area contributed by atoms with Crippen molar-refractivity contribution in [3.8, 4) is 0 Å². The van der Waals surface area contributed by atoms with Gasteiger partial charge in [0.2, 0.25) is 0 Å². The topological polar surface area (TPSA) is 29.9 Å². The average Bonchev–Trinajstić information content (AvgIpc) is 2.88. The summed E-state index contributed by atoms with van der Waals surface area (Å²) in [5, 5.41) is 3.69. The summed E-state index contributed by atoms with van der Waals surface area (Å²) in [5.41, 5.74) is 2.34. The van der Waals surface area contributed by atoms with E-state index in [2.05, 4.69) is 44.8 Å². The van der Waals surface area contributed by atoms with Crippen molar-refractivity contribution in [1.82, 2.24) is 14.9 Å². The smallest absolute Gasteiger partial charge is 0.0958 e. The maximum Gasteiger partial charge on any atom is 0.0958 e. The first kappa shape index (κ1) is 13.0. The fourth-order valence-electron chi connectivity index (χ4n) is 2.65. The molecule has 3 nitrogen and oxygen atoms in total.